The van der Waals surface area contributed by atoms with E-state index in [1.165, 1.54) is 0 Å². The van der Waals surface area contributed by atoms with Crippen molar-refractivity contribution in [3.63, 3.8) is 0 Å². The Morgan fingerprint density at radius 2 is 1.30 bits per heavy atom. The van der Waals surface area contributed by atoms with Crippen molar-refractivity contribution >= 4 is 34.2 Å². The molecule has 0 radical (unpaired) electrons. The van der Waals surface area contributed by atoms with Crippen LogP contribution in [0.5, 0.6) is 0 Å². The molecular weight excluding hydrogens is 460 g/mol. The molecule has 0 saturated carbocycles. The lowest BCUT2D eigenvalue weighted by molar-refractivity contribution is 0.101. The van der Waals surface area contributed by atoms with Crippen LogP contribution in [0.2, 0.25) is 0 Å². The van der Waals surface area contributed by atoms with Crippen LogP contribution in [0, 0.1) is 0 Å². The molecule has 2 amide bonds. The molecule has 0 aliphatic heterocycles. The molecule has 5 rings (SSSR count). The van der Waals surface area contributed by atoms with E-state index in [4.69, 9.17) is 4.98 Å². The largest absolute Gasteiger partial charge is 0.324 e. The lowest BCUT2D eigenvalue weighted by Crippen LogP contribution is -2.11. The van der Waals surface area contributed by atoms with Crippen LogP contribution in [0.15, 0.2) is 103 Å². The third-order valence-electron chi connectivity index (χ3n) is 6.21. The van der Waals surface area contributed by atoms with Gasteiger partial charge in [-0.25, -0.2) is 4.98 Å². The zero-order chi connectivity index (χ0) is 25.6. The number of fused-ring (bicyclic) bond motifs is 1. The van der Waals surface area contributed by atoms with Crippen LogP contribution in [0.3, 0.4) is 0 Å². The summed E-state index contributed by atoms with van der Waals surface area (Å²) >= 11 is 0. The number of nitrogens with zero attached hydrogens (tertiary/aromatic N) is 2. The van der Waals surface area contributed by atoms with Crippen LogP contribution in [0.4, 0.5) is 11.4 Å². The van der Waals surface area contributed by atoms with E-state index in [2.05, 4.69) is 22.1 Å². The van der Waals surface area contributed by atoms with Crippen LogP contribution in [0.1, 0.15) is 40.5 Å². The van der Waals surface area contributed by atoms with Crippen molar-refractivity contribution in [2.75, 3.05) is 10.6 Å². The van der Waals surface area contributed by atoms with Gasteiger partial charge in [0.15, 0.2) is 0 Å². The first kappa shape index (κ1) is 24.0. The minimum Gasteiger partial charge on any atom is -0.324 e. The van der Waals surface area contributed by atoms with E-state index in [-0.39, 0.29) is 11.8 Å². The standard InChI is InChI=1S/C31H28N4O2/c1-2-3-20-35-28-19-18-26(33-31(37)24-12-8-5-9-13-24)21-27(28)34-29(35)22-14-16-25(17-15-22)32-30(36)23-10-6-4-7-11-23/h4-19,21H,2-3,20H2,1H3,(H,32,36)(H,33,37). The average Bonchev–Trinajstić information content (AvgIpc) is 3.30. The zero-order valence-corrected chi connectivity index (χ0v) is 20.6. The third kappa shape index (κ3) is 5.43. The molecule has 1 heterocycles. The van der Waals surface area contributed by atoms with Crippen molar-refractivity contribution in [1.82, 2.24) is 9.55 Å². The van der Waals surface area contributed by atoms with Gasteiger partial charge in [-0.1, -0.05) is 49.7 Å². The monoisotopic (exact) mass is 488 g/mol. The normalized spacial score (nSPS) is 10.8. The van der Waals surface area contributed by atoms with E-state index < -0.39 is 0 Å². The fourth-order valence-electron chi connectivity index (χ4n) is 4.26. The lowest BCUT2D eigenvalue weighted by Gasteiger charge is -2.10. The quantitative estimate of drug-likeness (QED) is 0.247. The average molecular weight is 489 g/mol. The summed E-state index contributed by atoms with van der Waals surface area (Å²) in [6.45, 7) is 3.00. The Morgan fingerprint density at radius 3 is 1.89 bits per heavy atom. The number of rotatable bonds is 8. The number of imidazole rings is 1. The second kappa shape index (κ2) is 10.9. The molecule has 0 aliphatic rings. The number of aromatic nitrogens is 2. The highest BCUT2D eigenvalue weighted by molar-refractivity contribution is 6.05. The summed E-state index contributed by atoms with van der Waals surface area (Å²) in [5.41, 5.74) is 5.44. The van der Waals surface area contributed by atoms with Crippen molar-refractivity contribution in [2.24, 2.45) is 0 Å². The fraction of sp³-hybridized carbons (Fsp3) is 0.129. The van der Waals surface area contributed by atoms with Crippen LogP contribution in [-0.4, -0.2) is 21.4 Å². The summed E-state index contributed by atoms with van der Waals surface area (Å²) in [6, 6.07) is 31.9. The predicted octanol–water partition coefficient (Wildman–Crippen LogP) is 7.01. The zero-order valence-electron chi connectivity index (χ0n) is 20.6. The van der Waals surface area contributed by atoms with Gasteiger partial charge in [0, 0.05) is 34.6 Å². The van der Waals surface area contributed by atoms with Crippen LogP contribution >= 0.6 is 0 Å². The van der Waals surface area contributed by atoms with Crippen LogP contribution in [0.25, 0.3) is 22.4 Å². The number of amides is 2. The number of anilines is 2. The fourth-order valence-corrected chi connectivity index (χ4v) is 4.26. The summed E-state index contributed by atoms with van der Waals surface area (Å²) in [7, 11) is 0. The highest BCUT2D eigenvalue weighted by atomic mass is 16.2. The number of aryl methyl sites for hydroxylation is 1. The first-order valence-electron chi connectivity index (χ1n) is 12.5. The maximum atomic E-state index is 12.6. The van der Waals surface area contributed by atoms with E-state index in [1.54, 1.807) is 24.3 Å². The Balaban J connectivity index is 1.41. The summed E-state index contributed by atoms with van der Waals surface area (Å²) in [6.07, 6.45) is 2.09. The Kier molecular flexibility index (Phi) is 7.08. The minimum atomic E-state index is -0.154. The van der Waals surface area contributed by atoms with Crippen molar-refractivity contribution in [3.05, 3.63) is 114 Å². The van der Waals surface area contributed by atoms with Crippen LogP contribution in [-0.2, 0) is 6.54 Å². The van der Waals surface area contributed by atoms with E-state index >= 15 is 0 Å². The molecule has 0 aliphatic carbocycles. The molecule has 0 spiro atoms. The number of hydrogen-bond acceptors (Lipinski definition) is 3. The van der Waals surface area contributed by atoms with Gasteiger partial charge in [0.25, 0.3) is 11.8 Å². The molecule has 0 saturated heterocycles. The maximum Gasteiger partial charge on any atom is 0.255 e. The third-order valence-corrected chi connectivity index (χ3v) is 6.21. The van der Waals surface area contributed by atoms with Gasteiger partial charge < -0.3 is 15.2 Å². The highest BCUT2D eigenvalue weighted by Gasteiger charge is 2.15. The molecule has 1 aromatic heterocycles. The lowest BCUT2D eigenvalue weighted by atomic mass is 10.1. The number of hydrogen-bond donors (Lipinski definition) is 2. The Bertz CT molecular complexity index is 1520. The van der Waals surface area contributed by atoms with Gasteiger partial charge >= 0.3 is 0 Å². The second-order valence-corrected chi connectivity index (χ2v) is 8.86. The van der Waals surface area contributed by atoms with Crippen LogP contribution < -0.4 is 10.6 Å². The maximum absolute atomic E-state index is 12.6. The van der Waals surface area contributed by atoms with Crippen molar-refractivity contribution in [3.8, 4) is 11.4 Å². The van der Waals surface area contributed by atoms with E-state index in [1.807, 2.05) is 78.9 Å². The highest BCUT2D eigenvalue weighted by Crippen LogP contribution is 2.28. The van der Waals surface area contributed by atoms with E-state index in [0.29, 0.717) is 16.8 Å². The van der Waals surface area contributed by atoms with Gasteiger partial charge in [0.2, 0.25) is 0 Å². The summed E-state index contributed by atoms with van der Waals surface area (Å²) in [4.78, 5) is 30.1. The van der Waals surface area contributed by atoms with Gasteiger partial charge in [0.1, 0.15) is 5.82 Å². The Labute approximate surface area is 216 Å². The molecule has 2 N–H and O–H groups in total. The molecule has 0 fully saturated rings. The molecule has 6 heteroatoms. The summed E-state index contributed by atoms with van der Waals surface area (Å²) in [5.74, 6) is 0.559. The molecule has 37 heavy (non-hydrogen) atoms. The summed E-state index contributed by atoms with van der Waals surface area (Å²) < 4.78 is 2.22. The molecule has 6 nitrogen and oxygen atoms in total. The van der Waals surface area contributed by atoms with E-state index in [0.717, 1.165) is 47.5 Å². The molecule has 4 aromatic carbocycles. The molecular formula is C31H28N4O2. The van der Waals surface area contributed by atoms with Crippen molar-refractivity contribution in [2.45, 2.75) is 26.3 Å². The van der Waals surface area contributed by atoms with Gasteiger partial charge in [-0.05, 0) is 73.2 Å². The predicted molar refractivity (Wildman–Crippen MR) is 149 cm³/mol. The molecule has 5 aromatic rings. The van der Waals surface area contributed by atoms with Gasteiger partial charge in [-0.2, -0.15) is 0 Å². The molecule has 0 atom stereocenters. The number of benzene rings is 4. The second-order valence-electron chi connectivity index (χ2n) is 8.86. The topological polar surface area (TPSA) is 76.0 Å². The summed E-state index contributed by atoms with van der Waals surface area (Å²) in [5, 5.41) is 5.92. The number of carbonyl (C=O) groups is 2. The van der Waals surface area contributed by atoms with Gasteiger partial charge in [0.05, 0.1) is 11.0 Å². The number of unbranched alkanes of at least 4 members (excludes halogenated alkanes) is 1. The number of carbonyl (C=O) groups excluding carboxylic acids is 2. The smallest absolute Gasteiger partial charge is 0.255 e. The first-order chi connectivity index (χ1) is 18.1. The Morgan fingerprint density at radius 1 is 0.730 bits per heavy atom. The van der Waals surface area contributed by atoms with E-state index in [9.17, 15) is 9.59 Å². The van der Waals surface area contributed by atoms with Crippen molar-refractivity contribution in [1.29, 1.82) is 0 Å². The SMILES string of the molecule is CCCCn1c(-c2ccc(NC(=O)c3ccccc3)cc2)nc2cc(NC(=O)c3ccccc3)ccc21. The molecule has 0 unspecified atom stereocenters. The minimum absolute atomic E-state index is 0.145. The van der Waals surface area contributed by atoms with Gasteiger partial charge in [-0.15, -0.1) is 0 Å². The molecule has 0 bridgehead atoms. The molecule has 184 valence electrons. The Hall–Kier alpha value is -4.71. The van der Waals surface area contributed by atoms with Crippen molar-refractivity contribution < 1.29 is 9.59 Å². The number of nitrogens with one attached hydrogen (secondary N) is 2. The van der Waals surface area contributed by atoms with Gasteiger partial charge in [-0.3, -0.25) is 9.59 Å². The first-order valence-corrected chi connectivity index (χ1v) is 12.5.